The lowest BCUT2D eigenvalue weighted by molar-refractivity contribution is -0.139. The molecule has 1 aromatic rings. The first-order valence-electron chi connectivity index (χ1n) is 8.01. The van der Waals surface area contributed by atoms with E-state index < -0.39 is 11.8 Å². The number of hydrazone groups is 1. The Hall–Kier alpha value is -2.37. The Morgan fingerprint density at radius 1 is 1.09 bits per heavy atom. The second-order valence-corrected chi connectivity index (χ2v) is 5.08. The van der Waals surface area contributed by atoms with Crippen molar-refractivity contribution in [1.82, 2.24) is 10.7 Å². The predicted molar refractivity (Wildman–Crippen MR) is 90.5 cm³/mol. The molecule has 0 aliphatic carbocycles. The van der Waals surface area contributed by atoms with E-state index in [0.717, 1.165) is 37.0 Å². The average Bonchev–Trinajstić information content (AvgIpc) is 2.56. The maximum Gasteiger partial charge on any atom is 0.329 e. The fraction of sp³-hybridized carbons (Fsp3) is 0.471. The van der Waals surface area contributed by atoms with Gasteiger partial charge in [-0.2, -0.15) is 5.10 Å². The smallest absolute Gasteiger partial charge is 0.329 e. The molecule has 0 unspecified atom stereocenters. The topological polar surface area (TPSA) is 79.8 Å². The van der Waals surface area contributed by atoms with E-state index in [0.29, 0.717) is 13.2 Å². The minimum Gasteiger partial charge on any atom is -0.494 e. The van der Waals surface area contributed by atoms with Crippen molar-refractivity contribution < 1.29 is 14.3 Å². The molecular weight excluding hydrogens is 294 g/mol. The molecule has 0 atom stereocenters. The fourth-order valence-corrected chi connectivity index (χ4v) is 1.66. The molecule has 2 amide bonds. The van der Waals surface area contributed by atoms with Gasteiger partial charge in [0.2, 0.25) is 0 Å². The van der Waals surface area contributed by atoms with Gasteiger partial charge in [0.15, 0.2) is 0 Å². The van der Waals surface area contributed by atoms with Gasteiger partial charge in [0, 0.05) is 6.54 Å². The zero-order valence-corrected chi connectivity index (χ0v) is 13.8. The number of unbranched alkanes of at least 4 members (excludes halogenated alkanes) is 2. The van der Waals surface area contributed by atoms with Crippen LogP contribution in [0.3, 0.4) is 0 Å². The Morgan fingerprint density at radius 3 is 2.43 bits per heavy atom. The van der Waals surface area contributed by atoms with E-state index in [-0.39, 0.29) is 0 Å². The maximum atomic E-state index is 11.5. The third-order valence-electron chi connectivity index (χ3n) is 3.05. The molecule has 0 fully saturated rings. The lowest BCUT2D eigenvalue weighted by Gasteiger charge is -2.05. The first kappa shape index (κ1) is 18.7. The van der Waals surface area contributed by atoms with Crippen LogP contribution in [0, 0.1) is 0 Å². The Kier molecular flexibility index (Phi) is 9.12. The van der Waals surface area contributed by atoms with Gasteiger partial charge in [-0.1, -0.05) is 26.7 Å². The molecule has 0 saturated heterocycles. The average molecular weight is 319 g/mol. The third-order valence-corrected chi connectivity index (χ3v) is 3.05. The van der Waals surface area contributed by atoms with Gasteiger partial charge in [-0.25, -0.2) is 5.43 Å². The van der Waals surface area contributed by atoms with Crippen molar-refractivity contribution in [3.8, 4) is 5.75 Å². The largest absolute Gasteiger partial charge is 0.494 e. The highest BCUT2D eigenvalue weighted by atomic mass is 16.5. The van der Waals surface area contributed by atoms with E-state index in [2.05, 4.69) is 22.8 Å². The van der Waals surface area contributed by atoms with Crippen LogP contribution in [0.25, 0.3) is 0 Å². The maximum absolute atomic E-state index is 11.5. The van der Waals surface area contributed by atoms with Crippen LogP contribution in [0.15, 0.2) is 29.4 Å². The molecule has 0 aromatic heterocycles. The standard InChI is InChI=1S/C17H25N3O3/c1-3-5-11-18-16(21)17(22)20-19-13-14-7-9-15(10-8-14)23-12-6-4-2/h7-10,13H,3-6,11-12H2,1-2H3,(H,18,21)(H,20,22). The zero-order chi connectivity index (χ0) is 16.9. The molecule has 1 aromatic carbocycles. The van der Waals surface area contributed by atoms with Crippen molar-refractivity contribution in [1.29, 1.82) is 0 Å². The van der Waals surface area contributed by atoms with Gasteiger partial charge in [-0.15, -0.1) is 0 Å². The number of amides is 2. The van der Waals surface area contributed by atoms with E-state index >= 15 is 0 Å². The van der Waals surface area contributed by atoms with Crippen LogP contribution in [0.4, 0.5) is 0 Å². The third kappa shape index (κ3) is 7.99. The van der Waals surface area contributed by atoms with Crippen molar-refractivity contribution in [2.24, 2.45) is 5.10 Å². The normalized spacial score (nSPS) is 10.5. The molecule has 23 heavy (non-hydrogen) atoms. The SMILES string of the molecule is CCCCNC(=O)C(=O)NN=Cc1ccc(OCCCC)cc1. The highest BCUT2D eigenvalue weighted by Gasteiger charge is 2.10. The van der Waals surface area contributed by atoms with Crippen LogP contribution in [0.2, 0.25) is 0 Å². The molecule has 0 radical (unpaired) electrons. The summed E-state index contributed by atoms with van der Waals surface area (Å²) in [6, 6.07) is 7.35. The van der Waals surface area contributed by atoms with Crippen LogP contribution in [-0.2, 0) is 9.59 Å². The molecule has 0 aliphatic heterocycles. The molecule has 0 bridgehead atoms. The summed E-state index contributed by atoms with van der Waals surface area (Å²) in [5.41, 5.74) is 3.01. The van der Waals surface area contributed by atoms with Crippen molar-refractivity contribution in [3.63, 3.8) is 0 Å². The number of carbonyl (C=O) groups is 2. The van der Waals surface area contributed by atoms with Crippen molar-refractivity contribution in [2.45, 2.75) is 39.5 Å². The summed E-state index contributed by atoms with van der Waals surface area (Å²) < 4.78 is 5.56. The van der Waals surface area contributed by atoms with E-state index in [1.165, 1.54) is 6.21 Å². The van der Waals surface area contributed by atoms with Crippen LogP contribution < -0.4 is 15.5 Å². The molecule has 1 rings (SSSR count). The summed E-state index contributed by atoms with van der Waals surface area (Å²) in [6.07, 6.45) is 5.40. The number of ether oxygens (including phenoxy) is 1. The molecule has 126 valence electrons. The summed E-state index contributed by atoms with van der Waals surface area (Å²) >= 11 is 0. The van der Waals surface area contributed by atoms with Gasteiger partial charge in [0.1, 0.15) is 5.75 Å². The van der Waals surface area contributed by atoms with Gasteiger partial charge in [0.25, 0.3) is 0 Å². The van der Waals surface area contributed by atoms with E-state index in [1.54, 1.807) is 0 Å². The molecule has 0 heterocycles. The number of nitrogens with one attached hydrogen (secondary N) is 2. The van der Waals surface area contributed by atoms with E-state index in [4.69, 9.17) is 4.74 Å². The molecule has 0 saturated carbocycles. The molecule has 0 aliphatic rings. The second kappa shape index (κ2) is 11.2. The second-order valence-electron chi connectivity index (χ2n) is 5.08. The number of hydrogen-bond acceptors (Lipinski definition) is 4. The van der Waals surface area contributed by atoms with Crippen LogP contribution in [0.1, 0.15) is 45.1 Å². The Bertz CT molecular complexity index is 512. The van der Waals surface area contributed by atoms with Gasteiger partial charge in [0.05, 0.1) is 12.8 Å². The number of nitrogens with zero attached hydrogens (tertiary/aromatic N) is 1. The highest BCUT2D eigenvalue weighted by Crippen LogP contribution is 2.11. The highest BCUT2D eigenvalue weighted by molar-refractivity contribution is 6.35. The Labute approximate surface area is 137 Å². The van der Waals surface area contributed by atoms with Crippen molar-refractivity contribution >= 4 is 18.0 Å². The number of rotatable bonds is 9. The van der Waals surface area contributed by atoms with E-state index in [9.17, 15) is 9.59 Å². The van der Waals surface area contributed by atoms with Crippen LogP contribution in [0.5, 0.6) is 5.75 Å². The van der Waals surface area contributed by atoms with Crippen LogP contribution in [-0.4, -0.2) is 31.2 Å². The van der Waals surface area contributed by atoms with E-state index in [1.807, 2.05) is 31.2 Å². The predicted octanol–water partition coefficient (Wildman–Crippen LogP) is 2.23. The number of benzene rings is 1. The lowest BCUT2D eigenvalue weighted by atomic mass is 10.2. The zero-order valence-electron chi connectivity index (χ0n) is 13.8. The minimum atomic E-state index is -0.767. The Balaban J connectivity index is 2.36. The number of hydrogen-bond donors (Lipinski definition) is 2. The van der Waals surface area contributed by atoms with Crippen molar-refractivity contribution in [2.75, 3.05) is 13.2 Å². The number of carbonyl (C=O) groups excluding carboxylic acids is 2. The summed E-state index contributed by atoms with van der Waals surface area (Å²) in [7, 11) is 0. The molecule has 6 heteroatoms. The van der Waals surface area contributed by atoms with Gasteiger partial charge < -0.3 is 10.1 Å². The first-order valence-corrected chi connectivity index (χ1v) is 8.01. The Morgan fingerprint density at radius 2 is 1.78 bits per heavy atom. The monoisotopic (exact) mass is 319 g/mol. The van der Waals surface area contributed by atoms with Crippen molar-refractivity contribution in [3.05, 3.63) is 29.8 Å². The van der Waals surface area contributed by atoms with Gasteiger partial charge in [-0.3, -0.25) is 9.59 Å². The quantitative estimate of drug-likeness (QED) is 0.317. The molecular formula is C17H25N3O3. The molecule has 0 spiro atoms. The summed E-state index contributed by atoms with van der Waals surface area (Å²) in [5.74, 6) is -0.637. The molecule has 6 nitrogen and oxygen atoms in total. The van der Waals surface area contributed by atoms with Gasteiger partial charge in [-0.05, 0) is 42.7 Å². The lowest BCUT2D eigenvalue weighted by Crippen LogP contribution is -2.38. The summed E-state index contributed by atoms with van der Waals surface area (Å²) in [4.78, 5) is 22.9. The van der Waals surface area contributed by atoms with Crippen LogP contribution >= 0.6 is 0 Å². The minimum absolute atomic E-state index is 0.492. The first-order chi connectivity index (χ1) is 11.2. The fourth-order valence-electron chi connectivity index (χ4n) is 1.66. The summed E-state index contributed by atoms with van der Waals surface area (Å²) in [6.45, 7) is 5.32. The van der Waals surface area contributed by atoms with Gasteiger partial charge >= 0.3 is 11.8 Å². The molecule has 2 N–H and O–H groups in total. The summed E-state index contributed by atoms with van der Waals surface area (Å²) in [5, 5.41) is 6.29.